The second-order valence-corrected chi connectivity index (χ2v) is 12.9. The third-order valence-electron chi connectivity index (χ3n) is 5.54. The first kappa shape index (κ1) is 26.2. The number of piperidine rings is 1. The number of ether oxygens (including phenoxy) is 1. The molecule has 1 aliphatic rings. The molecule has 34 heavy (non-hydrogen) atoms. The summed E-state index contributed by atoms with van der Waals surface area (Å²) in [5.74, 6) is 0. The molecule has 1 aliphatic heterocycles. The van der Waals surface area contributed by atoms with Crippen LogP contribution in [0.4, 0.5) is 4.79 Å². The van der Waals surface area contributed by atoms with Gasteiger partial charge in [-0.2, -0.15) is 0 Å². The molecule has 0 radical (unpaired) electrons. The molecule has 3 rings (SSSR count). The number of hydrogen-bond donors (Lipinski definition) is 1. The summed E-state index contributed by atoms with van der Waals surface area (Å²) < 4.78 is 60.7. The molecule has 1 saturated heterocycles. The SMILES string of the molecule is CCc1ccc(S(=O)(=O)c2ccccc2)cc1S(=O)(=O)NC1CCN(C(=O)OC(C)(C)C)CC1. The van der Waals surface area contributed by atoms with E-state index in [4.69, 9.17) is 4.74 Å². The number of nitrogens with zero attached hydrogens (tertiary/aromatic N) is 1. The third kappa shape index (κ3) is 6.17. The molecular weight excluding hydrogens is 476 g/mol. The number of nitrogens with one attached hydrogen (secondary N) is 1. The summed E-state index contributed by atoms with van der Waals surface area (Å²) in [5.41, 5.74) is -0.0670. The zero-order valence-electron chi connectivity index (χ0n) is 19.9. The first-order valence-corrected chi connectivity index (χ1v) is 14.2. The van der Waals surface area contributed by atoms with E-state index in [1.807, 2.05) is 6.92 Å². The summed E-state index contributed by atoms with van der Waals surface area (Å²) in [5, 5.41) is 0. The topological polar surface area (TPSA) is 110 Å². The van der Waals surface area contributed by atoms with Crippen molar-refractivity contribution in [2.45, 2.75) is 73.3 Å². The van der Waals surface area contributed by atoms with E-state index >= 15 is 0 Å². The maximum atomic E-state index is 13.3. The van der Waals surface area contributed by atoms with Crippen LogP contribution in [-0.4, -0.2) is 52.6 Å². The van der Waals surface area contributed by atoms with E-state index in [0.29, 0.717) is 37.9 Å². The Morgan fingerprint density at radius 2 is 1.62 bits per heavy atom. The highest BCUT2D eigenvalue weighted by molar-refractivity contribution is 7.91. The van der Waals surface area contributed by atoms with Crippen LogP contribution in [0.3, 0.4) is 0 Å². The standard InChI is InChI=1S/C24H32N2O6S2/c1-5-18-11-12-21(33(28,29)20-9-7-6-8-10-20)17-22(18)34(30,31)25-19-13-15-26(16-14-19)23(27)32-24(2,3)4/h6-12,17,19,25H,5,13-16H2,1-4H3. The van der Waals surface area contributed by atoms with E-state index in [1.165, 1.54) is 24.3 Å². The Morgan fingerprint density at radius 3 is 2.18 bits per heavy atom. The lowest BCUT2D eigenvalue weighted by Crippen LogP contribution is -2.47. The first-order valence-electron chi connectivity index (χ1n) is 11.3. The van der Waals surface area contributed by atoms with Gasteiger partial charge in [-0.3, -0.25) is 0 Å². The number of likely N-dealkylation sites (tertiary alicyclic amines) is 1. The normalized spacial score (nSPS) is 15.8. The fourth-order valence-electron chi connectivity index (χ4n) is 3.77. The van der Waals surface area contributed by atoms with Crippen molar-refractivity contribution in [2.24, 2.45) is 0 Å². The fourth-order valence-corrected chi connectivity index (χ4v) is 6.79. The highest BCUT2D eigenvalue weighted by Gasteiger charge is 2.30. The molecule has 0 bridgehead atoms. The molecule has 0 saturated carbocycles. The minimum Gasteiger partial charge on any atom is -0.444 e. The Labute approximate surface area is 202 Å². The lowest BCUT2D eigenvalue weighted by Gasteiger charge is -2.33. The number of carbonyl (C=O) groups is 1. The number of sulfone groups is 1. The Morgan fingerprint density at radius 1 is 1.00 bits per heavy atom. The Hall–Kier alpha value is -2.43. The van der Waals surface area contributed by atoms with Gasteiger partial charge in [0.15, 0.2) is 0 Å². The number of hydrogen-bond acceptors (Lipinski definition) is 6. The number of rotatable bonds is 6. The van der Waals surface area contributed by atoms with Crippen molar-refractivity contribution in [3.8, 4) is 0 Å². The van der Waals surface area contributed by atoms with E-state index in [2.05, 4.69) is 4.72 Å². The number of carbonyl (C=O) groups excluding carboxylic acids is 1. The van der Waals surface area contributed by atoms with E-state index in [1.54, 1.807) is 49.9 Å². The van der Waals surface area contributed by atoms with Crippen molar-refractivity contribution < 1.29 is 26.4 Å². The molecule has 186 valence electrons. The summed E-state index contributed by atoms with van der Waals surface area (Å²) in [7, 11) is -7.85. The molecule has 8 nitrogen and oxygen atoms in total. The lowest BCUT2D eigenvalue weighted by atomic mass is 10.1. The molecule has 10 heteroatoms. The minimum atomic E-state index is -3.98. The maximum Gasteiger partial charge on any atom is 0.410 e. The molecule has 1 N–H and O–H groups in total. The quantitative estimate of drug-likeness (QED) is 0.636. The fraction of sp³-hybridized carbons (Fsp3) is 0.458. The van der Waals surface area contributed by atoms with Gasteiger partial charge in [-0.25, -0.2) is 26.4 Å². The van der Waals surface area contributed by atoms with Crippen LogP contribution in [0, 0.1) is 0 Å². The van der Waals surface area contributed by atoms with Gasteiger partial charge in [-0.1, -0.05) is 31.2 Å². The molecule has 0 spiro atoms. The Balaban J connectivity index is 1.79. The summed E-state index contributed by atoms with van der Waals surface area (Å²) in [6.07, 6.45) is 0.879. The van der Waals surface area contributed by atoms with Gasteiger partial charge >= 0.3 is 6.09 Å². The summed E-state index contributed by atoms with van der Waals surface area (Å²) in [4.78, 5) is 13.8. The predicted molar refractivity (Wildman–Crippen MR) is 129 cm³/mol. The second kappa shape index (κ2) is 10.1. The average Bonchev–Trinajstić information content (AvgIpc) is 2.78. The van der Waals surface area contributed by atoms with Crippen molar-refractivity contribution in [1.82, 2.24) is 9.62 Å². The van der Waals surface area contributed by atoms with Crippen LogP contribution >= 0.6 is 0 Å². The van der Waals surface area contributed by atoms with Crippen LogP contribution in [-0.2, 0) is 31.0 Å². The van der Waals surface area contributed by atoms with Crippen LogP contribution in [0.5, 0.6) is 0 Å². The zero-order chi connectivity index (χ0) is 25.1. The molecule has 2 aromatic carbocycles. The zero-order valence-corrected chi connectivity index (χ0v) is 21.6. The van der Waals surface area contributed by atoms with E-state index in [-0.39, 0.29) is 20.7 Å². The highest BCUT2D eigenvalue weighted by atomic mass is 32.2. The Bertz CT molecular complexity index is 1230. The Kier molecular flexibility index (Phi) is 7.74. The molecule has 2 aromatic rings. The van der Waals surface area contributed by atoms with Gasteiger partial charge in [0, 0.05) is 19.1 Å². The molecular formula is C24H32N2O6S2. The minimum absolute atomic E-state index is 0.0402. The van der Waals surface area contributed by atoms with Crippen LogP contribution in [0.25, 0.3) is 0 Å². The van der Waals surface area contributed by atoms with Gasteiger partial charge in [-0.15, -0.1) is 0 Å². The summed E-state index contributed by atoms with van der Waals surface area (Å²) in [6, 6.07) is 11.8. The molecule has 1 heterocycles. The number of sulfonamides is 1. The van der Waals surface area contributed by atoms with Gasteiger partial charge in [0.2, 0.25) is 19.9 Å². The summed E-state index contributed by atoms with van der Waals surface area (Å²) >= 11 is 0. The lowest BCUT2D eigenvalue weighted by molar-refractivity contribution is 0.0203. The van der Waals surface area contributed by atoms with Crippen molar-refractivity contribution in [2.75, 3.05) is 13.1 Å². The first-order chi connectivity index (χ1) is 15.8. The molecule has 1 amide bonds. The van der Waals surface area contributed by atoms with E-state index < -0.39 is 31.6 Å². The largest absolute Gasteiger partial charge is 0.444 e. The number of benzene rings is 2. The van der Waals surface area contributed by atoms with Gasteiger partial charge < -0.3 is 9.64 Å². The van der Waals surface area contributed by atoms with Gasteiger partial charge in [0.25, 0.3) is 0 Å². The predicted octanol–water partition coefficient (Wildman–Crippen LogP) is 3.76. The van der Waals surface area contributed by atoms with Crippen LogP contribution in [0.15, 0.2) is 63.2 Å². The highest BCUT2D eigenvalue weighted by Crippen LogP contribution is 2.27. The van der Waals surface area contributed by atoms with Crippen molar-refractivity contribution in [1.29, 1.82) is 0 Å². The maximum absolute atomic E-state index is 13.3. The van der Waals surface area contributed by atoms with Crippen LogP contribution in [0.1, 0.15) is 46.1 Å². The van der Waals surface area contributed by atoms with Gasteiger partial charge in [0.05, 0.1) is 14.7 Å². The molecule has 1 fully saturated rings. The number of amides is 1. The average molecular weight is 509 g/mol. The molecule has 0 atom stereocenters. The summed E-state index contributed by atoms with van der Waals surface area (Å²) in [6.45, 7) is 7.94. The van der Waals surface area contributed by atoms with E-state index in [9.17, 15) is 21.6 Å². The van der Waals surface area contributed by atoms with Crippen LogP contribution < -0.4 is 4.72 Å². The van der Waals surface area contributed by atoms with E-state index in [0.717, 1.165) is 0 Å². The van der Waals surface area contributed by atoms with Crippen molar-refractivity contribution in [3.05, 3.63) is 54.1 Å². The van der Waals surface area contributed by atoms with Gasteiger partial charge in [-0.05, 0) is 69.9 Å². The third-order valence-corrected chi connectivity index (χ3v) is 8.91. The van der Waals surface area contributed by atoms with Crippen LogP contribution in [0.2, 0.25) is 0 Å². The second-order valence-electron chi connectivity index (χ2n) is 9.30. The smallest absolute Gasteiger partial charge is 0.410 e. The van der Waals surface area contributed by atoms with Crippen molar-refractivity contribution in [3.63, 3.8) is 0 Å². The monoisotopic (exact) mass is 508 g/mol. The van der Waals surface area contributed by atoms with Crippen molar-refractivity contribution >= 4 is 26.0 Å². The number of aryl methyl sites for hydroxylation is 1. The molecule has 0 aliphatic carbocycles. The molecule has 0 aromatic heterocycles. The molecule has 0 unspecified atom stereocenters. The van der Waals surface area contributed by atoms with Gasteiger partial charge in [0.1, 0.15) is 5.60 Å².